The Kier molecular flexibility index (Phi) is 14.3. The van der Waals surface area contributed by atoms with Gasteiger partial charge in [-0.2, -0.15) is 0 Å². The predicted molar refractivity (Wildman–Crippen MR) is 108 cm³/mol. The average Bonchev–Trinajstić information content (AvgIpc) is 2.52. The number of unbranched alkanes of at least 4 members (excludes halogenated alkanes) is 10. The van der Waals surface area contributed by atoms with Crippen LogP contribution in [0.5, 0.6) is 0 Å². The van der Waals surface area contributed by atoms with Crippen LogP contribution >= 0.6 is 0 Å². The van der Waals surface area contributed by atoms with Gasteiger partial charge in [-0.25, -0.2) is 0 Å². The van der Waals surface area contributed by atoms with Gasteiger partial charge in [-0.05, 0) is 18.4 Å². The van der Waals surface area contributed by atoms with Gasteiger partial charge < -0.3 is 16.9 Å². The van der Waals surface area contributed by atoms with Crippen LogP contribution in [0.25, 0.3) is 0 Å². The molecule has 0 aliphatic heterocycles. The molecule has 0 spiro atoms. The highest BCUT2D eigenvalue weighted by Crippen LogP contribution is 2.17. The summed E-state index contributed by atoms with van der Waals surface area (Å²) < 4.78 is 1.01. The summed E-state index contributed by atoms with van der Waals surface area (Å²) in [5, 5.41) is 0. The molecular formula is C23H42ClN. The van der Waals surface area contributed by atoms with Crippen LogP contribution in [-0.2, 0) is 13.0 Å². The maximum absolute atomic E-state index is 2.33. The lowest BCUT2D eigenvalue weighted by Crippen LogP contribution is -3.00. The Bertz CT molecular complexity index is 422. The van der Waals surface area contributed by atoms with E-state index in [1.807, 2.05) is 0 Å². The molecule has 0 aliphatic rings. The molecule has 0 N–H and O–H groups in total. The number of hydrogen-bond acceptors (Lipinski definition) is 0. The number of halogens is 1. The molecule has 0 unspecified atom stereocenters. The molecule has 1 aromatic rings. The van der Waals surface area contributed by atoms with Crippen molar-refractivity contribution in [1.82, 2.24) is 0 Å². The molecule has 0 fully saturated rings. The first-order chi connectivity index (χ1) is 11.5. The third-order valence-corrected chi connectivity index (χ3v) is 4.81. The normalized spacial score (nSPS) is 11.4. The van der Waals surface area contributed by atoms with E-state index in [0.717, 1.165) is 11.0 Å². The third-order valence-electron chi connectivity index (χ3n) is 4.81. The molecule has 2 heteroatoms. The molecule has 0 saturated heterocycles. The second-order valence-electron chi connectivity index (χ2n) is 8.50. The Morgan fingerprint density at radius 2 is 1.08 bits per heavy atom. The summed E-state index contributed by atoms with van der Waals surface area (Å²) in [6.07, 6.45) is 16.9. The Hall–Kier alpha value is -0.530. The van der Waals surface area contributed by atoms with Crippen molar-refractivity contribution in [3.8, 4) is 0 Å². The fourth-order valence-corrected chi connectivity index (χ4v) is 3.45. The van der Waals surface area contributed by atoms with Gasteiger partial charge in [-0.15, -0.1) is 0 Å². The molecule has 0 radical (unpaired) electrons. The summed E-state index contributed by atoms with van der Waals surface area (Å²) >= 11 is 0. The van der Waals surface area contributed by atoms with E-state index in [2.05, 4.69) is 52.3 Å². The zero-order valence-corrected chi connectivity index (χ0v) is 18.1. The lowest BCUT2D eigenvalue weighted by molar-refractivity contribution is -0.884. The summed E-state index contributed by atoms with van der Waals surface area (Å²) in [5.41, 5.74) is 3.11. The lowest BCUT2D eigenvalue weighted by atomic mass is 9.99. The highest BCUT2D eigenvalue weighted by atomic mass is 35.5. The highest BCUT2D eigenvalue weighted by Gasteiger charge is 2.11. The Labute approximate surface area is 164 Å². The van der Waals surface area contributed by atoms with E-state index in [9.17, 15) is 0 Å². The fourth-order valence-electron chi connectivity index (χ4n) is 3.45. The molecule has 0 bridgehead atoms. The van der Waals surface area contributed by atoms with E-state index >= 15 is 0 Å². The molecule has 0 amide bonds. The number of nitrogens with zero attached hydrogens (tertiary/aromatic N) is 1. The van der Waals surface area contributed by atoms with E-state index in [1.54, 1.807) is 5.56 Å². The van der Waals surface area contributed by atoms with Crippen molar-refractivity contribution in [2.75, 3.05) is 21.1 Å². The van der Waals surface area contributed by atoms with Crippen molar-refractivity contribution in [2.45, 2.75) is 90.5 Å². The van der Waals surface area contributed by atoms with E-state index < -0.39 is 0 Å². The van der Waals surface area contributed by atoms with Gasteiger partial charge in [0.2, 0.25) is 0 Å². The van der Waals surface area contributed by atoms with E-state index in [0.29, 0.717) is 0 Å². The summed E-state index contributed by atoms with van der Waals surface area (Å²) in [6, 6.07) is 9.04. The zero-order valence-electron chi connectivity index (χ0n) is 17.3. The molecule has 0 aliphatic carbocycles. The maximum atomic E-state index is 2.33. The molecule has 25 heavy (non-hydrogen) atoms. The van der Waals surface area contributed by atoms with Gasteiger partial charge in [0.1, 0.15) is 6.54 Å². The second-order valence-corrected chi connectivity index (χ2v) is 8.50. The van der Waals surface area contributed by atoms with Gasteiger partial charge in [0, 0.05) is 5.56 Å². The molecule has 0 aromatic heterocycles. The molecule has 0 saturated carbocycles. The van der Waals surface area contributed by atoms with Crippen LogP contribution in [0.2, 0.25) is 0 Å². The topological polar surface area (TPSA) is 0 Å². The monoisotopic (exact) mass is 367 g/mol. The van der Waals surface area contributed by atoms with Crippen LogP contribution < -0.4 is 12.4 Å². The molecule has 146 valence electrons. The van der Waals surface area contributed by atoms with Gasteiger partial charge in [0.05, 0.1) is 21.1 Å². The Morgan fingerprint density at radius 3 is 1.56 bits per heavy atom. The predicted octanol–water partition coefficient (Wildman–Crippen LogP) is 3.75. The fraction of sp³-hybridized carbons (Fsp3) is 0.739. The smallest absolute Gasteiger partial charge is 0.104 e. The van der Waals surface area contributed by atoms with Crippen molar-refractivity contribution >= 4 is 0 Å². The van der Waals surface area contributed by atoms with Crippen molar-refractivity contribution in [1.29, 1.82) is 0 Å². The van der Waals surface area contributed by atoms with Gasteiger partial charge in [-0.1, -0.05) is 95.4 Å². The van der Waals surface area contributed by atoms with Crippen LogP contribution in [0.3, 0.4) is 0 Å². The number of benzene rings is 1. The van der Waals surface area contributed by atoms with Gasteiger partial charge in [-0.3, -0.25) is 0 Å². The SMILES string of the molecule is CCCCCCCCCCCCCc1ccccc1C[N+](C)(C)C.[Cl-]. The van der Waals surface area contributed by atoms with E-state index in [4.69, 9.17) is 0 Å². The van der Waals surface area contributed by atoms with Crippen LogP contribution in [0, 0.1) is 0 Å². The highest BCUT2D eigenvalue weighted by molar-refractivity contribution is 5.26. The maximum Gasteiger partial charge on any atom is 0.104 e. The third kappa shape index (κ3) is 13.3. The number of rotatable bonds is 14. The minimum Gasteiger partial charge on any atom is -1.00 e. The van der Waals surface area contributed by atoms with Crippen LogP contribution in [0.4, 0.5) is 0 Å². The molecule has 1 aromatic carbocycles. The van der Waals surface area contributed by atoms with Gasteiger partial charge in [0.25, 0.3) is 0 Å². The Morgan fingerprint density at radius 1 is 0.640 bits per heavy atom. The van der Waals surface area contributed by atoms with Gasteiger partial charge in [0.15, 0.2) is 0 Å². The van der Waals surface area contributed by atoms with Crippen molar-refractivity contribution in [2.24, 2.45) is 0 Å². The molecule has 1 rings (SSSR count). The van der Waals surface area contributed by atoms with Crippen LogP contribution in [0.15, 0.2) is 24.3 Å². The first-order valence-electron chi connectivity index (χ1n) is 10.4. The minimum absolute atomic E-state index is 0. The number of aryl methyl sites for hydroxylation is 1. The quantitative estimate of drug-likeness (QED) is 0.347. The first-order valence-corrected chi connectivity index (χ1v) is 10.4. The lowest BCUT2D eigenvalue weighted by Gasteiger charge is -2.25. The minimum atomic E-state index is 0. The summed E-state index contributed by atoms with van der Waals surface area (Å²) in [7, 11) is 6.83. The average molecular weight is 368 g/mol. The van der Waals surface area contributed by atoms with Crippen molar-refractivity contribution < 1.29 is 16.9 Å². The standard InChI is InChI=1S/C23H42N.ClH/c1-5-6-7-8-9-10-11-12-13-14-15-18-22-19-16-17-20-23(22)21-24(2,3)4;/h16-17,19-20H,5-15,18,21H2,1-4H3;1H/q+1;/p-1. The first kappa shape index (κ1) is 24.5. The second kappa shape index (κ2) is 14.6. The molecule has 0 atom stereocenters. The van der Waals surface area contributed by atoms with Crippen molar-refractivity contribution in [3.63, 3.8) is 0 Å². The van der Waals surface area contributed by atoms with Crippen molar-refractivity contribution in [3.05, 3.63) is 35.4 Å². The summed E-state index contributed by atoms with van der Waals surface area (Å²) in [4.78, 5) is 0. The zero-order chi connectivity index (χ0) is 17.7. The largest absolute Gasteiger partial charge is 1.00 e. The van der Waals surface area contributed by atoms with Crippen LogP contribution in [-0.4, -0.2) is 25.6 Å². The number of hydrogen-bond donors (Lipinski definition) is 0. The Balaban J connectivity index is 0.00000576. The summed E-state index contributed by atoms with van der Waals surface area (Å²) in [6.45, 7) is 3.43. The van der Waals surface area contributed by atoms with E-state index in [-0.39, 0.29) is 12.4 Å². The molecule has 1 nitrogen and oxygen atoms in total. The molecule has 0 heterocycles. The number of quaternary nitrogens is 1. The summed E-state index contributed by atoms with van der Waals surface area (Å²) in [5.74, 6) is 0. The van der Waals surface area contributed by atoms with Crippen LogP contribution in [0.1, 0.15) is 88.7 Å². The van der Waals surface area contributed by atoms with Gasteiger partial charge >= 0.3 is 0 Å². The molecular weight excluding hydrogens is 326 g/mol. The van der Waals surface area contributed by atoms with E-state index in [1.165, 1.54) is 82.6 Å².